The van der Waals surface area contributed by atoms with Crippen LogP contribution in [0, 0.1) is 18.8 Å². The zero-order chi connectivity index (χ0) is 22.8. The van der Waals surface area contributed by atoms with Gasteiger partial charge in [0.1, 0.15) is 5.75 Å². The first kappa shape index (κ1) is 21.9. The highest BCUT2D eigenvalue weighted by Gasteiger charge is 2.48. The lowest BCUT2D eigenvalue weighted by atomic mass is 9.81. The van der Waals surface area contributed by atoms with Crippen molar-refractivity contribution < 1.29 is 19.1 Å². The Balaban J connectivity index is 1.49. The second-order valence-electron chi connectivity index (χ2n) is 7.81. The second-order valence-corrected chi connectivity index (χ2v) is 8.25. The van der Waals surface area contributed by atoms with Crippen LogP contribution in [0.5, 0.6) is 5.75 Å². The number of methoxy groups -OCH3 is 1. The average Bonchev–Trinajstić information content (AvgIpc) is 2.76. The molecule has 4 rings (SSSR count). The summed E-state index contributed by atoms with van der Waals surface area (Å²) < 4.78 is 5.22. The van der Waals surface area contributed by atoms with E-state index in [4.69, 9.17) is 16.3 Å². The Morgan fingerprint density at radius 2 is 1.88 bits per heavy atom. The number of halogens is 1. The van der Waals surface area contributed by atoms with Gasteiger partial charge in [-0.2, -0.15) is 0 Å². The van der Waals surface area contributed by atoms with Gasteiger partial charge in [0.05, 0.1) is 25.1 Å². The van der Waals surface area contributed by atoms with Crippen molar-refractivity contribution in [3.63, 3.8) is 0 Å². The minimum atomic E-state index is -0.830. The van der Waals surface area contributed by atoms with Gasteiger partial charge in [-0.1, -0.05) is 17.7 Å². The number of nitrogens with one attached hydrogen (secondary N) is 5. The summed E-state index contributed by atoms with van der Waals surface area (Å²) in [5, 5.41) is 15.3. The number of anilines is 2. The minimum absolute atomic E-state index is 0.0829. The van der Waals surface area contributed by atoms with Gasteiger partial charge in [0.15, 0.2) is 6.29 Å². The lowest BCUT2D eigenvalue weighted by Gasteiger charge is -2.43. The van der Waals surface area contributed by atoms with Crippen LogP contribution in [0.4, 0.5) is 11.4 Å². The summed E-state index contributed by atoms with van der Waals surface area (Å²) in [5.41, 5.74) is 2.15. The van der Waals surface area contributed by atoms with E-state index < -0.39 is 30.2 Å². The summed E-state index contributed by atoms with van der Waals surface area (Å²) in [6, 6.07) is 12.3. The minimum Gasteiger partial charge on any atom is -0.497 e. The SMILES string of the molecule is COc1ccc(C)c(NC(=O)C2CC(=O)NC3NC(Nc4ccc(Cl)cc4)NC(=O)C32)c1. The summed E-state index contributed by atoms with van der Waals surface area (Å²) >= 11 is 5.91. The van der Waals surface area contributed by atoms with Crippen molar-refractivity contribution in [1.29, 1.82) is 0 Å². The van der Waals surface area contributed by atoms with Crippen LogP contribution < -0.4 is 31.3 Å². The van der Waals surface area contributed by atoms with Crippen molar-refractivity contribution >= 4 is 40.7 Å². The highest BCUT2D eigenvalue weighted by Crippen LogP contribution is 2.29. The van der Waals surface area contributed by atoms with Gasteiger partial charge in [-0.25, -0.2) is 0 Å². The van der Waals surface area contributed by atoms with Crippen molar-refractivity contribution in [2.24, 2.45) is 11.8 Å². The first-order chi connectivity index (χ1) is 15.3. The van der Waals surface area contributed by atoms with Gasteiger partial charge >= 0.3 is 0 Å². The third kappa shape index (κ3) is 4.63. The van der Waals surface area contributed by atoms with E-state index in [1.165, 1.54) is 0 Å². The average molecular weight is 458 g/mol. The Labute approximate surface area is 190 Å². The quantitative estimate of drug-likeness (QED) is 0.467. The Morgan fingerprint density at radius 1 is 1.12 bits per heavy atom. The number of carbonyl (C=O) groups is 3. The number of aryl methyl sites for hydroxylation is 1. The predicted octanol–water partition coefficient (Wildman–Crippen LogP) is 1.79. The molecule has 2 aliphatic rings. The molecule has 168 valence electrons. The summed E-state index contributed by atoms with van der Waals surface area (Å²) in [6.45, 7) is 1.85. The maximum Gasteiger partial charge on any atom is 0.229 e. The Bertz CT molecular complexity index is 1050. The molecule has 2 saturated heterocycles. The van der Waals surface area contributed by atoms with E-state index in [9.17, 15) is 14.4 Å². The van der Waals surface area contributed by atoms with Gasteiger partial charge in [-0.15, -0.1) is 0 Å². The van der Waals surface area contributed by atoms with Crippen molar-refractivity contribution in [3.8, 4) is 5.75 Å². The van der Waals surface area contributed by atoms with E-state index in [1.54, 1.807) is 43.5 Å². The topological polar surface area (TPSA) is 121 Å². The zero-order valence-electron chi connectivity index (χ0n) is 17.6. The van der Waals surface area contributed by atoms with Gasteiger partial charge in [0.2, 0.25) is 17.7 Å². The molecule has 2 heterocycles. The zero-order valence-corrected chi connectivity index (χ0v) is 18.3. The van der Waals surface area contributed by atoms with Crippen LogP contribution >= 0.6 is 11.6 Å². The second kappa shape index (κ2) is 9.05. The van der Waals surface area contributed by atoms with Gasteiger partial charge in [-0.3, -0.25) is 19.7 Å². The molecule has 10 heteroatoms. The first-order valence-electron chi connectivity index (χ1n) is 10.2. The maximum absolute atomic E-state index is 13.1. The van der Waals surface area contributed by atoms with E-state index in [-0.39, 0.29) is 18.2 Å². The molecule has 2 aromatic carbocycles. The van der Waals surface area contributed by atoms with E-state index in [0.29, 0.717) is 16.5 Å². The fourth-order valence-electron chi connectivity index (χ4n) is 3.95. The highest BCUT2D eigenvalue weighted by atomic mass is 35.5. The van der Waals surface area contributed by atoms with Crippen molar-refractivity contribution in [2.45, 2.75) is 25.8 Å². The van der Waals surface area contributed by atoms with Gasteiger partial charge < -0.3 is 26.0 Å². The third-order valence-corrected chi connectivity index (χ3v) is 5.90. The lowest BCUT2D eigenvalue weighted by Crippen LogP contribution is -2.72. The van der Waals surface area contributed by atoms with Gasteiger partial charge in [0.25, 0.3) is 0 Å². The van der Waals surface area contributed by atoms with E-state index >= 15 is 0 Å². The van der Waals surface area contributed by atoms with E-state index in [0.717, 1.165) is 11.3 Å². The van der Waals surface area contributed by atoms with E-state index in [1.807, 2.05) is 13.0 Å². The normalized spacial score (nSPS) is 24.6. The molecule has 9 nitrogen and oxygen atoms in total. The predicted molar refractivity (Wildman–Crippen MR) is 120 cm³/mol. The molecule has 0 radical (unpaired) electrons. The molecular formula is C22H24ClN5O4. The molecule has 0 aliphatic carbocycles. The highest BCUT2D eigenvalue weighted by molar-refractivity contribution is 6.30. The molecule has 2 fully saturated rings. The number of carbonyl (C=O) groups excluding carboxylic acids is 3. The van der Waals surface area contributed by atoms with Crippen LogP contribution in [0.15, 0.2) is 42.5 Å². The molecule has 4 unspecified atom stereocenters. The fourth-order valence-corrected chi connectivity index (χ4v) is 4.08. The molecule has 0 aromatic heterocycles. The molecule has 4 atom stereocenters. The van der Waals surface area contributed by atoms with Gasteiger partial charge in [0, 0.05) is 28.9 Å². The number of fused-ring (bicyclic) bond motifs is 1. The number of piperidine rings is 1. The van der Waals surface area contributed by atoms with E-state index in [2.05, 4.69) is 26.6 Å². The number of amides is 3. The lowest BCUT2D eigenvalue weighted by molar-refractivity contribution is -0.144. The van der Waals surface area contributed by atoms with Crippen LogP contribution in [0.25, 0.3) is 0 Å². The Morgan fingerprint density at radius 3 is 2.59 bits per heavy atom. The molecule has 0 saturated carbocycles. The van der Waals surface area contributed by atoms with Crippen LogP contribution in [0.1, 0.15) is 12.0 Å². The smallest absolute Gasteiger partial charge is 0.229 e. The van der Waals surface area contributed by atoms with Crippen molar-refractivity contribution in [2.75, 3.05) is 17.7 Å². The Hall–Kier alpha value is -3.30. The van der Waals surface area contributed by atoms with Crippen molar-refractivity contribution in [1.82, 2.24) is 16.0 Å². The summed E-state index contributed by atoms with van der Waals surface area (Å²) in [5.74, 6) is -2.03. The molecule has 5 N–H and O–H groups in total. The fraction of sp³-hybridized carbons (Fsp3) is 0.318. The molecular weight excluding hydrogens is 434 g/mol. The number of rotatable bonds is 5. The molecule has 0 bridgehead atoms. The van der Waals surface area contributed by atoms with Crippen LogP contribution in [0.3, 0.4) is 0 Å². The largest absolute Gasteiger partial charge is 0.497 e. The monoisotopic (exact) mass is 457 g/mol. The number of hydrogen-bond acceptors (Lipinski definition) is 6. The van der Waals surface area contributed by atoms with Gasteiger partial charge in [-0.05, 0) is 42.8 Å². The molecule has 0 spiro atoms. The maximum atomic E-state index is 13.1. The molecule has 32 heavy (non-hydrogen) atoms. The number of benzene rings is 2. The summed E-state index contributed by atoms with van der Waals surface area (Å²) in [6.07, 6.45) is -1.41. The number of ether oxygens (including phenoxy) is 1. The first-order valence-corrected chi connectivity index (χ1v) is 10.6. The van der Waals surface area contributed by atoms with Crippen LogP contribution in [-0.2, 0) is 14.4 Å². The molecule has 2 aliphatic heterocycles. The third-order valence-electron chi connectivity index (χ3n) is 5.64. The standard InChI is InChI=1S/C22H24ClN5O4/c1-11-3-8-14(32-2)9-16(11)25-20(30)15-10-17(29)26-19-18(15)21(31)28-22(27-19)24-13-6-4-12(23)5-7-13/h3-9,15,18-19,22,24,27H,10H2,1-2H3,(H,25,30)(H,26,29)(H,28,31). The number of hydrogen-bond donors (Lipinski definition) is 5. The molecule has 3 amide bonds. The Kier molecular flexibility index (Phi) is 6.20. The van der Waals surface area contributed by atoms with Crippen molar-refractivity contribution in [3.05, 3.63) is 53.1 Å². The summed E-state index contributed by atoms with van der Waals surface area (Å²) in [7, 11) is 1.54. The summed E-state index contributed by atoms with van der Waals surface area (Å²) in [4.78, 5) is 38.4. The van der Waals surface area contributed by atoms with Crippen LogP contribution in [-0.4, -0.2) is 37.3 Å². The molecule has 2 aromatic rings. The van der Waals surface area contributed by atoms with Crippen LogP contribution in [0.2, 0.25) is 5.02 Å².